The zero-order valence-electron chi connectivity index (χ0n) is 18.6. The maximum atomic E-state index is 13.1. The maximum absolute atomic E-state index is 13.1. The van der Waals surface area contributed by atoms with Crippen molar-refractivity contribution in [3.05, 3.63) is 56.2 Å². The number of fused-ring (bicyclic) bond motifs is 1. The molecule has 4 rings (SSSR count). The molecule has 1 aliphatic rings. The highest BCUT2D eigenvalue weighted by Gasteiger charge is 2.24. The van der Waals surface area contributed by atoms with E-state index in [2.05, 4.69) is 49.9 Å². The maximum Gasteiger partial charge on any atom is 0.332 e. The number of piperidine rings is 1. The molecule has 1 fully saturated rings. The number of nitrogens with zero attached hydrogens (tertiary/aromatic N) is 5. The van der Waals surface area contributed by atoms with Crippen LogP contribution in [0.15, 0.2) is 33.9 Å². The summed E-state index contributed by atoms with van der Waals surface area (Å²) in [4.78, 5) is 32.6. The zero-order valence-corrected chi connectivity index (χ0v) is 18.6. The molecule has 7 heteroatoms. The summed E-state index contributed by atoms with van der Waals surface area (Å²) in [6.07, 6.45) is 3.44. The average molecular weight is 410 g/mol. The van der Waals surface area contributed by atoms with Crippen LogP contribution in [0.2, 0.25) is 0 Å². The number of rotatable bonds is 3. The van der Waals surface area contributed by atoms with Crippen LogP contribution in [0, 0.1) is 0 Å². The van der Waals surface area contributed by atoms with E-state index in [1.165, 1.54) is 28.2 Å². The van der Waals surface area contributed by atoms with E-state index in [0.717, 1.165) is 37.4 Å². The van der Waals surface area contributed by atoms with Crippen molar-refractivity contribution in [1.82, 2.24) is 18.7 Å². The molecule has 0 spiro atoms. The molecule has 0 aliphatic carbocycles. The minimum Gasteiger partial charge on any atom is -0.342 e. The van der Waals surface area contributed by atoms with Gasteiger partial charge in [0.15, 0.2) is 11.2 Å². The van der Waals surface area contributed by atoms with E-state index in [0.29, 0.717) is 17.7 Å². The fourth-order valence-electron chi connectivity index (χ4n) is 4.21. The smallest absolute Gasteiger partial charge is 0.332 e. The van der Waals surface area contributed by atoms with Crippen LogP contribution in [0.1, 0.15) is 51.2 Å². The van der Waals surface area contributed by atoms with Crippen molar-refractivity contribution in [1.29, 1.82) is 0 Å². The largest absolute Gasteiger partial charge is 0.342 e. The minimum atomic E-state index is -0.350. The van der Waals surface area contributed by atoms with Gasteiger partial charge in [0, 0.05) is 27.2 Å². The SMILES string of the molecule is Cn1c(=O)c2c(nc(N3CCCCC3)n2Cc2ccc(C(C)(C)C)cc2)n(C)c1=O. The van der Waals surface area contributed by atoms with Gasteiger partial charge < -0.3 is 4.90 Å². The predicted octanol–water partition coefficient (Wildman–Crippen LogP) is 2.77. The molecular weight excluding hydrogens is 378 g/mol. The Labute approximate surface area is 176 Å². The summed E-state index contributed by atoms with van der Waals surface area (Å²) in [5.74, 6) is 0.780. The quantitative estimate of drug-likeness (QED) is 0.667. The second-order valence-corrected chi connectivity index (χ2v) is 9.37. The molecule has 7 nitrogen and oxygen atoms in total. The first kappa shape index (κ1) is 20.4. The van der Waals surface area contributed by atoms with Crippen molar-refractivity contribution >= 4 is 17.1 Å². The molecule has 160 valence electrons. The van der Waals surface area contributed by atoms with Crippen molar-refractivity contribution in [2.75, 3.05) is 18.0 Å². The second kappa shape index (κ2) is 7.45. The fourth-order valence-corrected chi connectivity index (χ4v) is 4.21. The van der Waals surface area contributed by atoms with Crippen LogP contribution in [-0.4, -0.2) is 31.8 Å². The van der Waals surface area contributed by atoms with E-state index >= 15 is 0 Å². The zero-order chi connectivity index (χ0) is 21.6. The van der Waals surface area contributed by atoms with Crippen LogP contribution in [0.4, 0.5) is 5.95 Å². The van der Waals surface area contributed by atoms with Gasteiger partial charge in [0.2, 0.25) is 5.95 Å². The highest BCUT2D eigenvalue weighted by atomic mass is 16.2. The third-order valence-corrected chi connectivity index (χ3v) is 6.13. The Morgan fingerprint density at radius 2 is 1.57 bits per heavy atom. The van der Waals surface area contributed by atoms with E-state index in [1.54, 1.807) is 7.05 Å². The summed E-state index contributed by atoms with van der Waals surface area (Å²) < 4.78 is 4.64. The topological polar surface area (TPSA) is 65.1 Å². The molecule has 0 atom stereocenters. The summed E-state index contributed by atoms with van der Waals surface area (Å²) in [6, 6.07) is 8.56. The summed E-state index contributed by atoms with van der Waals surface area (Å²) in [5.41, 5.74) is 2.77. The molecule has 1 aromatic carbocycles. The van der Waals surface area contributed by atoms with Crippen LogP contribution in [-0.2, 0) is 26.1 Å². The van der Waals surface area contributed by atoms with Gasteiger partial charge in [-0.15, -0.1) is 0 Å². The van der Waals surface area contributed by atoms with Crippen molar-refractivity contribution < 1.29 is 0 Å². The molecule has 0 unspecified atom stereocenters. The lowest BCUT2D eigenvalue weighted by Crippen LogP contribution is -2.37. The van der Waals surface area contributed by atoms with Gasteiger partial charge in [-0.3, -0.25) is 18.5 Å². The van der Waals surface area contributed by atoms with Crippen LogP contribution in [0.3, 0.4) is 0 Å². The summed E-state index contributed by atoms with van der Waals surface area (Å²) in [7, 11) is 3.21. The molecule has 3 aromatic rings. The van der Waals surface area contributed by atoms with Crippen molar-refractivity contribution in [2.24, 2.45) is 14.1 Å². The Balaban J connectivity index is 1.88. The highest BCUT2D eigenvalue weighted by Crippen LogP contribution is 2.26. The number of aryl methyl sites for hydroxylation is 1. The predicted molar refractivity (Wildman–Crippen MR) is 121 cm³/mol. The first-order chi connectivity index (χ1) is 14.2. The van der Waals surface area contributed by atoms with E-state index in [1.807, 2.05) is 4.57 Å². The molecule has 30 heavy (non-hydrogen) atoms. The molecule has 0 amide bonds. The number of aromatic nitrogens is 4. The first-order valence-electron chi connectivity index (χ1n) is 10.7. The molecule has 0 bridgehead atoms. The van der Waals surface area contributed by atoms with Gasteiger partial charge in [0.05, 0.1) is 6.54 Å². The van der Waals surface area contributed by atoms with Gasteiger partial charge in [-0.2, -0.15) is 4.98 Å². The van der Waals surface area contributed by atoms with Crippen molar-refractivity contribution in [3.63, 3.8) is 0 Å². The molecule has 3 heterocycles. The normalized spacial score (nSPS) is 15.2. The molecular formula is C23H31N5O2. The van der Waals surface area contributed by atoms with E-state index in [9.17, 15) is 9.59 Å². The first-order valence-corrected chi connectivity index (χ1v) is 10.7. The lowest BCUT2D eigenvalue weighted by Gasteiger charge is -2.28. The van der Waals surface area contributed by atoms with E-state index in [-0.39, 0.29) is 16.7 Å². The standard InChI is InChI=1S/C23H31N5O2/c1-23(2,3)17-11-9-16(10-12-17)15-28-18-19(25(4)22(30)26(5)20(18)29)24-21(28)27-13-7-6-8-14-27/h9-12H,6-8,13-15H2,1-5H3. The average Bonchev–Trinajstić information content (AvgIpc) is 3.10. The number of hydrogen-bond donors (Lipinski definition) is 0. The lowest BCUT2D eigenvalue weighted by molar-refractivity contribution is 0.560. The van der Waals surface area contributed by atoms with Gasteiger partial charge >= 0.3 is 5.69 Å². The monoisotopic (exact) mass is 409 g/mol. The Bertz CT molecular complexity index is 1190. The summed E-state index contributed by atoms with van der Waals surface area (Å²) in [6.45, 7) is 8.97. The summed E-state index contributed by atoms with van der Waals surface area (Å²) >= 11 is 0. The van der Waals surface area contributed by atoms with E-state index < -0.39 is 0 Å². The third kappa shape index (κ3) is 3.46. The number of anilines is 1. The van der Waals surface area contributed by atoms with Gasteiger partial charge in [0.25, 0.3) is 5.56 Å². The van der Waals surface area contributed by atoms with Crippen LogP contribution >= 0.6 is 0 Å². The van der Waals surface area contributed by atoms with Gasteiger partial charge in [0.1, 0.15) is 0 Å². The molecule has 2 aromatic heterocycles. The number of benzene rings is 1. The second-order valence-electron chi connectivity index (χ2n) is 9.37. The molecule has 0 saturated carbocycles. The number of hydrogen-bond acceptors (Lipinski definition) is 4. The molecule has 1 aliphatic heterocycles. The Morgan fingerprint density at radius 1 is 0.933 bits per heavy atom. The Hall–Kier alpha value is -2.83. The minimum absolute atomic E-state index is 0.0907. The van der Waals surface area contributed by atoms with E-state index in [4.69, 9.17) is 4.98 Å². The summed E-state index contributed by atoms with van der Waals surface area (Å²) in [5, 5.41) is 0. The third-order valence-electron chi connectivity index (χ3n) is 6.13. The van der Waals surface area contributed by atoms with Crippen LogP contribution < -0.4 is 16.1 Å². The lowest BCUT2D eigenvalue weighted by atomic mass is 9.87. The van der Waals surface area contributed by atoms with Crippen molar-refractivity contribution in [2.45, 2.75) is 52.0 Å². The Kier molecular flexibility index (Phi) is 5.08. The van der Waals surface area contributed by atoms with Crippen LogP contribution in [0.25, 0.3) is 11.2 Å². The number of imidazole rings is 1. The highest BCUT2D eigenvalue weighted by molar-refractivity contribution is 5.74. The van der Waals surface area contributed by atoms with Gasteiger partial charge in [-0.05, 0) is 35.8 Å². The van der Waals surface area contributed by atoms with Crippen LogP contribution in [0.5, 0.6) is 0 Å². The van der Waals surface area contributed by atoms with Gasteiger partial charge in [-0.1, -0.05) is 45.0 Å². The van der Waals surface area contributed by atoms with Crippen molar-refractivity contribution in [3.8, 4) is 0 Å². The Morgan fingerprint density at radius 3 is 2.17 bits per heavy atom. The van der Waals surface area contributed by atoms with Gasteiger partial charge in [-0.25, -0.2) is 4.79 Å². The molecule has 0 N–H and O–H groups in total. The molecule has 1 saturated heterocycles. The molecule has 0 radical (unpaired) electrons. The fraction of sp³-hybridized carbons (Fsp3) is 0.522.